The Bertz CT molecular complexity index is 628. The summed E-state index contributed by atoms with van der Waals surface area (Å²) in [6.45, 7) is 5.02. The number of carbonyl (C=O) groups excluding carboxylic acids is 1. The summed E-state index contributed by atoms with van der Waals surface area (Å²) in [5.74, 6) is 0.908. The molecule has 0 bridgehead atoms. The van der Waals surface area contributed by atoms with Crippen LogP contribution in [0.2, 0.25) is 5.02 Å². The van der Waals surface area contributed by atoms with Gasteiger partial charge in [-0.25, -0.2) is 0 Å². The largest absolute Gasteiger partial charge is 0.343 e. The fourth-order valence-corrected chi connectivity index (χ4v) is 5.10. The zero-order valence-electron chi connectivity index (χ0n) is 17.6. The third-order valence-corrected chi connectivity index (χ3v) is 6.66. The first-order valence-electron chi connectivity index (χ1n) is 10.9. The van der Waals surface area contributed by atoms with E-state index < -0.39 is 0 Å². The quantitative estimate of drug-likeness (QED) is 0.706. The van der Waals surface area contributed by atoms with Crippen LogP contribution in [-0.2, 0) is 11.3 Å². The molecule has 0 unspecified atom stereocenters. The van der Waals surface area contributed by atoms with Crippen molar-refractivity contribution >= 4 is 17.5 Å². The minimum absolute atomic E-state index is 0.367. The Morgan fingerprint density at radius 1 is 1.14 bits per heavy atom. The highest BCUT2D eigenvalue weighted by Gasteiger charge is 2.31. The molecule has 28 heavy (non-hydrogen) atoms. The van der Waals surface area contributed by atoms with E-state index in [2.05, 4.69) is 40.9 Å². The molecule has 1 aromatic rings. The second-order valence-electron chi connectivity index (χ2n) is 8.78. The number of benzene rings is 1. The zero-order chi connectivity index (χ0) is 19.9. The number of halogens is 1. The molecule has 2 aliphatic rings. The summed E-state index contributed by atoms with van der Waals surface area (Å²) in [7, 11) is 4.36. The van der Waals surface area contributed by atoms with Gasteiger partial charge in [0, 0.05) is 43.7 Å². The number of likely N-dealkylation sites (tertiary alicyclic amines) is 2. The molecule has 1 aromatic carbocycles. The van der Waals surface area contributed by atoms with E-state index in [-0.39, 0.29) is 0 Å². The Morgan fingerprint density at radius 2 is 1.89 bits per heavy atom. The predicted molar refractivity (Wildman–Crippen MR) is 117 cm³/mol. The first-order chi connectivity index (χ1) is 13.5. The normalized spacial score (nSPS) is 24.4. The van der Waals surface area contributed by atoms with E-state index in [1.54, 1.807) is 0 Å². The maximum Gasteiger partial charge on any atom is 0.222 e. The van der Waals surface area contributed by atoms with Gasteiger partial charge in [-0.05, 0) is 69.9 Å². The predicted octanol–water partition coefficient (Wildman–Crippen LogP) is 4.27. The molecular formula is C23H36ClN3O. The van der Waals surface area contributed by atoms with Gasteiger partial charge in [0.1, 0.15) is 0 Å². The highest BCUT2D eigenvalue weighted by atomic mass is 35.5. The number of carbonyl (C=O) groups is 1. The second kappa shape index (κ2) is 10.6. The van der Waals surface area contributed by atoms with Gasteiger partial charge in [-0.15, -0.1) is 0 Å². The lowest BCUT2D eigenvalue weighted by molar-refractivity contribution is -0.131. The average Bonchev–Trinajstić information content (AvgIpc) is 2.95. The maximum absolute atomic E-state index is 12.8. The average molecular weight is 406 g/mol. The molecule has 2 heterocycles. The van der Waals surface area contributed by atoms with Gasteiger partial charge in [0.15, 0.2) is 0 Å². The molecule has 2 saturated heterocycles. The monoisotopic (exact) mass is 405 g/mol. The minimum Gasteiger partial charge on any atom is -0.343 e. The first kappa shape index (κ1) is 21.6. The van der Waals surface area contributed by atoms with Gasteiger partial charge in [-0.1, -0.05) is 36.6 Å². The molecule has 0 saturated carbocycles. The van der Waals surface area contributed by atoms with Gasteiger partial charge in [-0.3, -0.25) is 9.69 Å². The lowest BCUT2D eigenvalue weighted by Gasteiger charge is -2.42. The van der Waals surface area contributed by atoms with Crippen molar-refractivity contribution in [2.75, 3.05) is 40.3 Å². The smallest absolute Gasteiger partial charge is 0.222 e. The van der Waals surface area contributed by atoms with Gasteiger partial charge in [0.25, 0.3) is 0 Å². The van der Waals surface area contributed by atoms with Crippen LogP contribution in [0.1, 0.15) is 50.5 Å². The van der Waals surface area contributed by atoms with E-state index >= 15 is 0 Å². The van der Waals surface area contributed by atoms with Gasteiger partial charge < -0.3 is 9.80 Å². The van der Waals surface area contributed by atoms with Crippen molar-refractivity contribution in [1.82, 2.24) is 14.7 Å². The van der Waals surface area contributed by atoms with Crippen LogP contribution >= 0.6 is 11.6 Å². The molecule has 0 spiro atoms. The standard InChI is InChI=1S/C23H36ClN3O/c1-25(2)22-12-15-26(17-19-8-7-9-21(24)16-19)18-20(22)10-11-23(28)27-13-5-3-4-6-14-27/h7-9,16,20,22H,3-6,10-15,17-18H2,1-2H3/t20-,22+/m0/s1. The highest BCUT2D eigenvalue weighted by molar-refractivity contribution is 6.30. The molecule has 2 atom stereocenters. The Kier molecular flexibility index (Phi) is 8.19. The summed E-state index contributed by atoms with van der Waals surface area (Å²) in [4.78, 5) is 19.8. The summed E-state index contributed by atoms with van der Waals surface area (Å²) in [6.07, 6.45) is 7.73. The summed E-state index contributed by atoms with van der Waals surface area (Å²) in [5.41, 5.74) is 1.27. The van der Waals surface area contributed by atoms with E-state index in [0.717, 1.165) is 50.6 Å². The third-order valence-electron chi connectivity index (χ3n) is 6.42. The van der Waals surface area contributed by atoms with Crippen LogP contribution in [0.3, 0.4) is 0 Å². The van der Waals surface area contributed by atoms with Gasteiger partial charge in [0.2, 0.25) is 5.91 Å². The molecule has 0 aliphatic carbocycles. The van der Waals surface area contributed by atoms with Gasteiger partial charge in [-0.2, -0.15) is 0 Å². The van der Waals surface area contributed by atoms with E-state index in [9.17, 15) is 4.79 Å². The number of rotatable bonds is 6. The van der Waals surface area contributed by atoms with Crippen LogP contribution in [0.25, 0.3) is 0 Å². The lowest BCUT2D eigenvalue weighted by Crippen LogP contribution is -2.48. The molecule has 5 heteroatoms. The van der Waals surface area contributed by atoms with Crippen LogP contribution < -0.4 is 0 Å². The summed E-state index contributed by atoms with van der Waals surface area (Å²) < 4.78 is 0. The minimum atomic E-state index is 0.367. The highest BCUT2D eigenvalue weighted by Crippen LogP contribution is 2.27. The number of hydrogen-bond donors (Lipinski definition) is 0. The Hall–Kier alpha value is -1.10. The van der Waals surface area contributed by atoms with Crippen molar-refractivity contribution < 1.29 is 4.79 Å². The zero-order valence-corrected chi connectivity index (χ0v) is 18.3. The first-order valence-corrected chi connectivity index (χ1v) is 11.3. The van der Waals surface area contributed by atoms with Crippen molar-refractivity contribution in [3.63, 3.8) is 0 Å². The molecule has 0 radical (unpaired) electrons. The molecular weight excluding hydrogens is 370 g/mol. The molecule has 2 aliphatic heterocycles. The molecule has 0 N–H and O–H groups in total. The molecule has 0 aromatic heterocycles. The van der Waals surface area contributed by atoms with Crippen molar-refractivity contribution in [3.05, 3.63) is 34.9 Å². The Balaban J connectivity index is 1.56. The van der Waals surface area contributed by atoms with Gasteiger partial charge in [0.05, 0.1) is 0 Å². The maximum atomic E-state index is 12.8. The summed E-state index contributed by atoms with van der Waals surface area (Å²) >= 11 is 6.16. The summed E-state index contributed by atoms with van der Waals surface area (Å²) in [6, 6.07) is 8.74. The summed E-state index contributed by atoms with van der Waals surface area (Å²) in [5, 5.41) is 0.806. The Morgan fingerprint density at radius 3 is 2.57 bits per heavy atom. The SMILES string of the molecule is CN(C)[C@@H]1CCN(Cc2cccc(Cl)c2)C[C@@H]1CCC(=O)N1CCCCCC1. The molecule has 1 amide bonds. The van der Waals surface area contributed by atoms with Crippen molar-refractivity contribution in [1.29, 1.82) is 0 Å². The third kappa shape index (κ3) is 6.20. The topological polar surface area (TPSA) is 26.8 Å². The number of nitrogens with zero attached hydrogens (tertiary/aromatic N) is 3. The van der Waals surface area contributed by atoms with E-state index in [0.29, 0.717) is 24.3 Å². The van der Waals surface area contributed by atoms with Crippen LogP contribution in [0, 0.1) is 5.92 Å². The number of piperidine rings is 1. The fraction of sp³-hybridized carbons (Fsp3) is 0.696. The Labute approximate surface area is 175 Å². The molecule has 4 nitrogen and oxygen atoms in total. The number of amides is 1. The van der Waals surface area contributed by atoms with Crippen molar-refractivity contribution in [3.8, 4) is 0 Å². The van der Waals surface area contributed by atoms with Crippen LogP contribution in [-0.4, -0.2) is 66.9 Å². The van der Waals surface area contributed by atoms with Crippen LogP contribution in [0.4, 0.5) is 0 Å². The van der Waals surface area contributed by atoms with Crippen molar-refractivity contribution in [2.24, 2.45) is 5.92 Å². The number of hydrogen-bond acceptors (Lipinski definition) is 3. The molecule has 3 rings (SSSR count). The van der Waals surface area contributed by atoms with Gasteiger partial charge >= 0.3 is 0 Å². The molecule has 2 fully saturated rings. The molecule has 156 valence electrons. The van der Waals surface area contributed by atoms with E-state index in [1.165, 1.54) is 31.2 Å². The van der Waals surface area contributed by atoms with Crippen molar-refractivity contribution in [2.45, 2.75) is 57.5 Å². The second-order valence-corrected chi connectivity index (χ2v) is 9.21. The van der Waals surface area contributed by atoms with E-state index in [4.69, 9.17) is 11.6 Å². The lowest BCUT2D eigenvalue weighted by atomic mass is 9.87. The van der Waals surface area contributed by atoms with Crippen LogP contribution in [0.15, 0.2) is 24.3 Å². The van der Waals surface area contributed by atoms with Crippen LogP contribution in [0.5, 0.6) is 0 Å². The fourth-order valence-electron chi connectivity index (χ4n) is 4.88. The van der Waals surface area contributed by atoms with E-state index in [1.807, 2.05) is 12.1 Å².